The normalized spacial score (nSPS) is 16.6. The molecule has 0 unspecified atom stereocenters. The first-order valence-electron chi connectivity index (χ1n) is 7.67. The van der Waals surface area contributed by atoms with Gasteiger partial charge in [0.15, 0.2) is 0 Å². The van der Waals surface area contributed by atoms with Gasteiger partial charge in [-0.2, -0.15) is 0 Å². The molecule has 124 valence electrons. The topological polar surface area (TPSA) is 98.7 Å². The average molecular weight is 318 g/mol. The Morgan fingerprint density at radius 1 is 1.30 bits per heavy atom. The Labute approximate surface area is 135 Å². The smallest absolute Gasteiger partial charge is 0.323 e. The highest BCUT2D eigenvalue weighted by molar-refractivity contribution is 5.90. The Kier molecular flexibility index (Phi) is 5.52. The van der Waals surface area contributed by atoms with Gasteiger partial charge in [-0.05, 0) is 42.5 Å². The molecule has 0 saturated heterocycles. The van der Waals surface area contributed by atoms with E-state index in [1.54, 1.807) is 6.08 Å². The lowest BCUT2D eigenvalue weighted by atomic mass is 9.96. The van der Waals surface area contributed by atoms with E-state index in [-0.39, 0.29) is 0 Å². The Morgan fingerprint density at radius 2 is 2.00 bits per heavy atom. The first kappa shape index (κ1) is 17.2. The van der Waals surface area contributed by atoms with Crippen molar-refractivity contribution >= 4 is 18.0 Å². The monoisotopic (exact) mass is 318 g/mol. The van der Waals surface area contributed by atoms with Crippen molar-refractivity contribution in [2.24, 2.45) is 0 Å². The molecular weight excluding hydrogens is 296 g/mol. The number of aliphatic carboxylic acids is 1. The molecule has 23 heavy (non-hydrogen) atoms. The Balaban J connectivity index is 2.05. The third-order valence-electron chi connectivity index (χ3n) is 4.39. The van der Waals surface area contributed by atoms with E-state index in [9.17, 15) is 14.7 Å². The highest BCUT2D eigenvalue weighted by Crippen LogP contribution is 2.30. The number of hydroxylamine groups is 1. The molecule has 1 aliphatic carbocycles. The largest absolute Gasteiger partial charge is 0.480 e. The number of nitrogens with one attached hydrogen (secondary N) is 2. The third kappa shape index (κ3) is 4.18. The summed E-state index contributed by atoms with van der Waals surface area (Å²) in [5.74, 6) is -1.36. The first-order chi connectivity index (χ1) is 11.0. The minimum absolute atomic E-state index is 0.499. The van der Waals surface area contributed by atoms with E-state index < -0.39 is 17.4 Å². The summed E-state index contributed by atoms with van der Waals surface area (Å²) in [5, 5.41) is 21.1. The molecular formula is C17H22N2O4. The van der Waals surface area contributed by atoms with Crippen molar-refractivity contribution in [2.75, 3.05) is 0 Å². The van der Waals surface area contributed by atoms with Gasteiger partial charge in [-0.1, -0.05) is 31.0 Å². The molecule has 0 heterocycles. The van der Waals surface area contributed by atoms with Crippen molar-refractivity contribution in [1.82, 2.24) is 10.8 Å². The maximum atomic E-state index is 11.5. The van der Waals surface area contributed by atoms with E-state index in [2.05, 4.69) is 5.32 Å². The van der Waals surface area contributed by atoms with Crippen LogP contribution in [0.1, 0.15) is 42.4 Å². The number of rotatable bonds is 6. The van der Waals surface area contributed by atoms with E-state index in [4.69, 9.17) is 5.21 Å². The molecule has 2 rings (SSSR count). The molecule has 1 saturated carbocycles. The summed E-state index contributed by atoms with van der Waals surface area (Å²) in [6.07, 6.45) is 6.05. The molecule has 0 bridgehead atoms. The lowest BCUT2D eigenvalue weighted by molar-refractivity contribution is -0.144. The predicted octanol–water partition coefficient (Wildman–Crippen LogP) is 2.00. The van der Waals surface area contributed by atoms with E-state index in [0.717, 1.165) is 29.5 Å². The van der Waals surface area contributed by atoms with Gasteiger partial charge in [-0.25, -0.2) is 5.48 Å². The van der Waals surface area contributed by atoms with E-state index in [0.29, 0.717) is 19.4 Å². The van der Waals surface area contributed by atoms with Crippen LogP contribution in [0.2, 0.25) is 0 Å². The van der Waals surface area contributed by atoms with Gasteiger partial charge < -0.3 is 5.11 Å². The lowest BCUT2D eigenvalue weighted by Crippen LogP contribution is -2.49. The fraction of sp³-hybridized carbons (Fsp3) is 0.412. The SMILES string of the molecule is Cc1cc(/C=C/C(=O)NO)ccc1CNC1(C(=O)O)CCCC1. The van der Waals surface area contributed by atoms with Gasteiger partial charge in [0.25, 0.3) is 5.91 Å². The van der Waals surface area contributed by atoms with Crippen LogP contribution in [0.25, 0.3) is 6.08 Å². The third-order valence-corrected chi connectivity index (χ3v) is 4.39. The zero-order valence-electron chi connectivity index (χ0n) is 13.1. The predicted molar refractivity (Wildman–Crippen MR) is 85.8 cm³/mol. The molecule has 1 aromatic rings. The Morgan fingerprint density at radius 3 is 2.57 bits per heavy atom. The first-order valence-corrected chi connectivity index (χ1v) is 7.67. The van der Waals surface area contributed by atoms with Gasteiger partial charge >= 0.3 is 5.97 Å². The van der Waals surface area contributed by atoms with E-state index in [1.807, 2.05) is 25.1 Å². The van der Waals surface area contributed by atoms with Crippen molar-refractivity contribution in [2.45, 2.75) is 44.7 Å². The zero-order valence-corrected chi connectivity index (χ0v) is 13.1. The van der Waals surface area contributed by atoms with Crippen LogP contribution >= 0.6 is 0 Å². The second-order valence-electron chi connectivity index (χ2n) is 5.94. The second-order valence-corrected chi connectivity index (χ2v) is 5.94. The number of carboxylic acids is 1. The number of hydrogen-bond acceptors (Lipinski definition) is 4. The van der Waals surface area contributed by atoms with Crippen LogP contribution in [-0.2, 0) is 16.1 Å². The lowest BCUT2D eigenvalue weighted by Gasteiger charge is -2.26. The van der Waals surface area contributed by atoms with Crippen LogP contribution in [0.5, 0.6) is 0 Å². The number of carboxylic acid groups (broad SMARTS) is 1. The highest BCUT2D eigenvalue weighted by atomic mass is 16.5. The molecule has 0 aliphatic heterocycles. The van der Waals surface area contributed by atoms with Crippen molar-refractivity contribution in [3.05, 3.63) is 41.0 Å². The van der Waals surface area contributed by atoms with Crippen LogP contribution in [0, 0.1) is 6.92 Å². The summed E-state index contributed by atoms with van der Waals surface area (Å²) in [6, 6.07) is 5.69. The molecule has 1 aliphatic rings. The highest BCUT2D eigenvalue weighted by Gasteiger charge is 2.40. The Hall–Kier alpha value is -2.18. The van der Waals surface area contributed by atoms with E-state index in [1.165, 1.54) is 11.6 Å². The molecule has 0 spiro atoms. The van der Waals surface area contributed by atoms with Crippen LogP contribution in [0.3, 0.4) is 0 Å². The van der Waals surface area contributed by atoms with Crippen molar-refractivity contribution in [3.63, 3.8) is 0 Å². The van der Waals surface area contributed by atoms with Crippen LogP contribution in [-0.4, -0.2) is 27.7 Å². The minimum atomic E-state index is -0.801. The van der Waals surface area contributed by atoms with Crippen molar-refractivity contribution in [3.8, 4) is 0 Å². The molecule has 6 heteroatoms. The summed E-state index contributed by atoms with van der Waals surface area (Å²) in [7, 11) is 0. The van der Waals surface area contributed by atoms with Crippen LogP contribution in [0.15, 0.2) is 24.3 Å². The van der Waals surface area contributed by atoms with Crippen molar-refractivity contribution in [1.29, 1.82) is 0 Å². The number of carbonyl (C=O) groups is 2. The number of aryl methyl sites for hydroxylation is 1. The summed E-state index contributed by atoms with van der Waals surface area (Å²) in [4.78, 5) is 22.5. The fourth-order valence-corrected chi connectivity index (χ4v) is 2.94. The van der Waals surface area contributed by atoms with Gasteiger partial charge in [0, 0.05) is 12.6 Å². The van der Waals surface area contributed by atoms with Gasteiger partial charge in [-0.15, -0.1) is 0 Å². The number of carbonyl (C=O) groups excluding carboxylic acids is 1. The molecule has 0 aromatic heterocycles. The Bertz CT molecular complexity index is 619. The summed E-state index contributed by atoms with van der Waals surface area (Å²) < 4.78 is 0. The second kappa shape index (κ2) is 7.39. The summed E-state index contributed by atoms with van der Waals surface area (Å²) >= 11 is 0. The quantitative estimate of drug-likeness (QED) is 0.365. The summed E-state index contributed by atoms with van der Waals surface area (Å²) in [5.41, 5.74) is 3.62. The van der Waals surface area contributed by atoms with Crippen LogP contribution in [0.4, 0.5) is 0 Å². The summed E-state index contributed by atoms with van der Waals surface area (Å²) in [6.45, 7) is 2.45. The van der Waals surface area contributed by atoms with Gasteiger partial charge in [0.1, 0.15) is 5.54 Å². The van der Waals surface area contributed by atoms with Gasteiger partial charge in [0.05, 0.1) is 0 Å². The molecule has 1 amide bonds. The molecule has 1 aromatic carbocycles. The fourth-order valence-electron chi connectivity index (χ4n) is 2.94. The van der Waals surface area contributed by atoms with Gasteiger partial charge in [-0.3, -0.25) is 20.1 Å². The molecule has 0 atom stereocenters. The molecule has 4 N–H and O–H groups in total. The van der Waals surface area contributed by atoms with Crippen LogP contribution < -0.4 is 10.8 Å². The maximum absolute atomic E-state index is 11.5. The number of amides is 1. The van der Waals surface area contributed by atoms with Gasteiger partial charge in [0.2, 0.25) is 0 Å². The molecule has 1 fully saturated rings. The molecule has 6 nitrogen and oxygen atoms in total. The number of benzene rings is 1. The average Bonchev–Trinajstić information content (AvgIpc) is 3.02. The number of hydrogen-bond donors (Lipinski definition) is 4. The van der Waals surface area contributed by atoms with E-state index >= 15 is 0 Å². The zero-order chi connectivity index (χ0) is 16.9. The molecule has 0 radical (unpaired) electrons. The van der Waals surface area contributed by atoms with Crippen molar-refractivity contribution < 1.29 is 19.9 Å². The standard InChI is InChI=1S/C17H22N2O4/c1-12-10-13(5-7-15(20)19-23)4-6-14(12)11-18-17(16(21)22)8-2-3-9-17/h4-7,10,18,23H,2-3,8-9,11H2,1H3,(H,19,20)(H,21,22)/b7-5+. The minimum Gasteiger partial charge on any atom is -0.480 e. The maximum Gasteiger partial charge on any atom is 0.323 e.